The number of hydrogen-bond acceptors (Lipinski definition) is 3. The molecule has 2 aliphatic rings. The molecule has 0 spiro atoms. The van der Waals surface area contributed by atoms with Crippen LogP contribution in [0.2, 0.25) is 0 Å². The van der Waals surface area contributed by atoms with E-state index in [1.807, 2.05) is 24.3 Å². The van der Waals surface area contributed by atoms with Crippen LogP contribution >= 0.6 is 0 Å². The molecule has 1 aromatic rings. The molecule has 0 aromatic heterocycles. The number of rotatable bonds is 3. The summed E-state index contributed by atoms with van der Waals surface area (Å²) < 4.78 is 5.58. The fourth-order valence-electron chi connectivity index (χ4n) is 2.76. The maximum absolute atomic E-state index is 12.3. The molecule has 1 amide bonds. The lowest BCUT2D eigenvalue weighted by Gasteiger charge is -2.39. The van der Waals surface area contributed by atoms with Gasteiger partial charge in [-0.2, -0.15) is 0 Å². The molecule has 106 valence electrons. The van der Waals surface area contributed by atoms with Crippen molar-refractivity contribution >= 4 is 11.9 Å². The van der Waals surface area contributed by atoms with Gasteiger partial charge in [-0.3, -0.25) is 4.79 Å². The van der Waals surface area contributed by atoms with Gasteiger partial charge in [-0.1, -0.05) is 18.2 Å². The fourth-order valence-corrected chi connectivity index (χ4v) is 2.76. The minimum atomic E-state index is -1.05. The summed E-state index contributed by atoms with van der Waals surface area (Å²) in [7, 11) is 0. The summed E-state index contributed by atoms with van der Waals surface area (Å²) in [6.45, 7) is 0.304. The summed E-state index contributed by atoms with van der Waals surface area (Å²) in [6.07, 6.45) is 2.46. The molecular weight excluding hydrogens is 258 g/mol. The zero-order valence-electron chi connectivity index (χ0n) is 11.1. The number of benzene rings is 1. The summed E-state index contributed by atoms with van der Waals surface area (Å²) in [4.78, 5) is 23.5. The average Bonchev–Trinajstić information content (AvgIpc) is 2.41. The van der Waals surface area contributed by atoms with Gasteiger partial charge in [0.15, 0.2) is 0 Å². The predicted molar refractivity (Wildman–Crippen MR) is 71.5 cm³/mol. The zero-order chi connectivity index (χ0) is 14.2. The van der Waals surface area contributed by atoms with Gasteiger partial charge in [0.05, 0.1) is 5.92 Å². The normalized spacial score (nSPS) is 22.9. The number of carboxylic acid groups (broad SMARTS) is 1. The van der Waals surface area contributed by atoms with Crippen LogP contribution in [-0.4, -0.2) is 29.1 Å². The van der Waals surface area contributed by atoms with Crippen molar-refractivity contribution in [3.05, 3.63) is 29.8 Å². The van der Waals surface area contributed by atoms with E-state index >= 15 is 0 Å². The molecule has 20 heavy (non-hydrogen) atoms. The number of aliphatic carboxylic acids is 1. The van der Waals surface area contributed by atoms with Gasteiger partial charge in [0.1, 0.15) is 17.9 Å². The quantitative estimate of drug-likeness (QED) is 0.873. The van der Waals surface area contributed by atoms with Gasteiger partial charge in [-0.25, -0.2) is 4.79 Å². The van der Waals surface area contributed by atoms with Gasteiger partial charge in [0.2, 0.25) is 5.91 Å². The minimum absolute atomic E-state index is 0.221. The summed E-state index contributed by atoms with van der Waals surface area (Å²) in [5.41, 5.74) is -0.0505. The second kappa shape index (κ2) is 4.81. The van der Waals surface area contributed by atoms with E-state index in [9.17, 15) is 14.7 Å². The van der Waals surface area contributed by atoms with Crippen molar-refractivity contribution in [1.29, 1.82) is 0 Å². The fraction of sp³-hybridized carbons (Fsp3) is 0.467. The third-order valence-electron chi connectivity index (χ3n) is 4.23. The van der Waals surface area contributed by atoms with Gasteiger partial charge < -0.3 is 15.2 Å². The highest BCUT2D eigenvalue weighted by molar-refractivity contribution is 5.89. The van der Waals surface area contributed by atoms with Crippen molar-refractivity contribution in [2.75, 3.05) is 6.61 Å². The summed E-state index contributed by atoms with van der Waals surface area (Å²) >= 11 is 0. The second-order valence-electron chi connectivity index (χ2n) is 5.55. The Labute approximate surface area is 116 Å². The molecule has 0 saturated heterocycles. The van der Waals surface area contributed by atoms with Crippen LogP contribution in [0.1, 0.15) is 24.8 Å². The third kappa shape index (κ3) is 2.13. The van der Waals surface area contributed by atoms with Crippen molar-refractivity contribution in [2.45, 2.75) is 31.2 Å². The number of carbonyl (C=O) groups is 2. The molecule has 1 unspecified atom stereocenters. The standard InChI is InChI=1S/C15H17NO4/c17-13(16-15(14(18)19)6-3-7-15)11-8-10-4-1-2-5-12(10)20-9-11/h1-2,4-5,11H,3,6-9H2,(H,16,17)(H,18,19). The number of nitrogens with one attached hydrogen (secondary N) is 1. The zero-order valence-corrected chi connectivity index (χ0v) is 11.1. The highest BCUT2D eigenvalue weighted by Gasteiger charge is 2.46. The predicted octanol–water partition coefficient (Wildman–Crippen LogP) is 1.36. The van der Waals surface area contributed by atoms with Crippen LogP contribution in [0.4, 0.5) is 0 Å². The van der Waals surface area contributed by atoms with Crippen molar-refractivity contribution in [3.63, 3.8) is 0 Å². The van der Waals surface area contributed by atoms with E-state index in [2.05, 4.69) is 5.32 Å². The van der Waals surface area contributed by atoms with Crippen LogP contribution in [0, 0.1) is 5.92 Å². The molecule has 1 aromatic carbocycles. The topological polar surface area (TPSA) is 75.6 Å². The van der Waals surface area contributed by atoms with Crippen molar-refractivity contribution in [2.24, 2.45) is 5.92 Å². The number of carbonyl (C=O) groups excluding carboxylic acids is 1. The molecule has 2 N–H and O–H groups in total. The Morgan fingerprint density at radius 1 is 1.30 bits per heavy atom. The first-order valence-corrected chi connectivity index (χ1v) is 6.87. The number of para-hydroxylation sites is 1. The molecule has 0 bridgehead atoms. The van der Waals surface area contributed by atoms with E-state index in [1.54, 1.807) is 0 Å². The van der Waals surface area contributed by atoms with Crippen molar-refractivity contribution < 1.29 is 19.4 Å². The smallest absolute Gasteiger partial charge is 0.329 e. The Bertz CT molecular complexity index is 551. The first-order chi connectivity index (χ1) is 9.61. The van der Waals surface area contributed by atoms with Gasteiger partial charge in [-0.15, -0.1) is 0 Å². The maximum atomic E-state index is 12.3. The minimum Gasteiger partial charge on any atom is -0.492 e. The van der Waals surface area contributed by atoms with E-state index in [-0.39, 0.29) is 11.8 Å². The number of amides is 1. The van der Waals surface area contributed by atoms with Crippen LogP contribution in [0.25, 0.3) is 0 Å². The summed E-state index contributed by atoms with van der Waals surface area (Å²) in [5.74, 6) is -0.661. The van der Waals surface area contributed by atoms with Gasteiger partial charge in [0.25, 0.3) is 0 Å². The average molecular weight is 275 g/mol. The SMILES string of the molecule is O=C(NC1(C(=O)O)CCC1)C1COc2ccccc2C1. The van der Waals surface area contributed by atoms with Crippen molar-refractivity contribution in [3.8, 4) is 5.75 Å². The van der Waals surface area contributed by atoms with Crippen LogP contribution in [0.15, 0.2) is 24.3 Å². The lowest BCUT2D eigenvalue weighted by molar-refractivity contribution is -0.152. The van der Waals surface area contributed by atoms with E-state index < -0.39 is 11.5 Å². The first kappa shape index (κ1) is 13.0. The largest absolute Gasteiger partial charge is 0.492 e. The lowest BCUT2D eigenvalue weighted by atomic mass is 9.76. The molecule has 5 nitrogen and oxygen atoms in total. The van der Waals surface area contributed by atoms with E-state index in [0.29, 0.717) is 25.9 Å². The molecule has 1 atom stereocenters. The molecule has 1 heterocycles. The Kier molecular flexibility index (Phi) is 3.12. The second-order valence-corrected chi connectivity index (χ2v) is 5.55. The third-order valence-corrected chi connectivity index (χ3v) is 4.23. The van der Waals surface area contributed by atoms with Crippen LogP contribution in [0.5, 0.6) is 5.75 Å². The molecule has 1 aliphatic heterocycles. The molecule has 0 radical (unpaired) electrons. The van der Waals surface area contributed by atoms with Crippen molar-refractivity contribution in [1.82, 2.24) is 5.32 Å². The molecule has 1 aliphatic carbocycles. The Morgan fingerprint density at radius 3 is 2.70 bits per heavy atom. The molecule has 5 heteroatoms. The van der Waals surface area contributed by atoms with Gasteiger partial charge in [-0.05, 0) is 37.3 Å². The Balaban J connectivity index is 1.69. The number of carboxylic acids is 1. The summed E-state index contributed by atoms with van der Waals surface area (Å²) in [6, 6.07) is 7.62. The Morgan fingerprint density at radius 2 is 2.05 bits per heavy atom. The lowest BCUT2D eigenvalue weighted by Crippen LogP contribution is -2.60. The highest BCUT2D eigenvalue weighted by Crippen LogP contribution is 2.33. The van der Waals surface area contributed by atoms with Crippen LogP contribution in [0.3, 0.4) is 0 Å². The number of fused-ring (bicyclic) bond motifs is 1. The molecule has 3 rings (SSSR count). The molecular formula is C15H17NO4. The maximum Gasteiger partial charge on any atom is 0.329 e. The van der Waals surface area contributed by atoms with Gasteiger partial charge >= 0.3 is 5.97 Å². The van der Waals surface area contributed by atoms with E-state index in [0.717, 1.165) is 17.7 Å². The number of ether oxygens (including phenoxy) is 1. The van der Waals surface area contributed by atoms with Crippen LogP contribution < -0.4 is 10.1 Å². The number of hydrogen-bond donors (Lipinski definition) is 2. The van der Waals surface area contributed by atoms with E-state index in [1.165, 1.54) is 0 Å². The molecule has 1 fully saturated rings. The monoisotopic (exact) mass is 275 g/mol. The molecule has 1 saturated carbocycles. The first-order valence-electron chi connectivity index (χ1n) is 6.87. The highest BCUT2D eigenvalue weighted by atomic mass is 16.5. The van der Waals surface area contributed by atoms with Gasteiger partial charge in [0, 0.05) is 0 Å². The summed E-state index contributed by atoms with van der Waals surface area (Å²) in [5, 5.41) is 12.0. The van der Waals surface area contributed by atoms with E-state index in [4.69, 9.17) is 4.74 Å². The Hall–Kier alpha value is -2.04. The van der Waals surface area contributed by atoms with Crippen LogP contribution in [-0.2, 0) is 16.0 Å².